The molecule has 0 radical (unpaired) electrons. The van der Waals surface area contributed by atoms with Crippen LogP contribution in [0.3, 0.4) is 0 Å². The van der Waals surface area contributed by atoms with Crippen LogP contribution in [0.2, 0.25) is 0 Å². The maximum atomic E-state index is 12.2. The van der Waals surface area contributed by atoms with Crippen molar-refractivity contribution in [2.75, 3.05) is 26.8 Å². The van der Waals surface area contributed by atoms with Crippen molar-refractivity contribution in [2.45, 2.75) is 19.4 Å². The quantitative estimate of drug-likeness (QED) is 0.760. The molecule has 0 heterocycles. The van der Waals surface area contributed by atoms with Crippen LogP contribution in [-0.2, 0) is 4.74 Å². The van der Waals surface area contributed by atoms with Gasteiger partial charge in [0.2, 0.25) is 0 Å². The van der Waals surface area contributed by atoms with Crippen molar-refractivity contribution < 1.29 is 27.4 Å². The molecule has 1 N–H and O–H groups in total. The van der Waals surface area contributed by atoms with E-state index in [1.54, 1.807) is 7.11 Å². The third-order valence-corrected chi connectivity index (χ3v) is 3.03. The molecule has 0 fully saturated rings. The van der Waals surface area contributed by atoms with E-state index in [2.05, 4.69) is 26.0 Å². The summed E-state index contributed by atoms with van der Waals surface area (Å²) in [6.45, 7) is 3.68. The highest BCUT2D eigenvalue weighted by Gasteiger charge is 2.32. The van der Waals surface area contributed by atoms with Crippen LogP contribution < -0.4 is 14.8 Å². The van der Waals surface area contributed by atoms with Crippen LogP contribution in [0.4, 0.5) is 13.2 Å². The normalized spacial score (nSPS) is 13.0. The van der Waals surface area contributed by atoms with Crippen molar-refractivity contribution >= 4 is 15.9 Å². The molecular weight excluding hydrogens is 355 g/mol. The number of halogens is 4. The monoisotopic (exact) mass is 371 g/mol. The van der Waals surface area contributed by atoms with Crippen molar-refractivity contribution in [3.63, 3.8) is 0 Å². The first-order valence-corrected chi connectivity index (χ1v) is 7.06. The molecule has 1 unspecified atom stereocenters. The third kappa shape index (κ3) is 7.01. The summed E-state index contributed by atoms with van der Waals surface area (Å²) in [5.41, 5.74) is 0. The standard InChI is InChI=1S/C13H17BrF3NO3/c1-3-18-7-10(8-19-2)20-9-4-5-12(11(14)6-9)21-13(15,16)17/h4-6,10,18H,3,7-8H2,1-2H3. The van der Waals surface area contributed by atoms with E-state index in [1.165, 1.54) is 18.2 Å². The zero-order valence-electron chi connectivity index (χ0n) is 11.7. The Bertz CT molecular complexity index is 443. The van der Waals surface area contributed by atoms with E-state index in [9.17, 15) is 13.2 Å². The molecule has 0 saturated carbocycles. The van der Waals surface area contributed by atoms with Gasteiger partial charge in [0.05, 0.1) is 11.1 Å². The lowest BCUT2D eigenvalue weighted by Crippen LogP contribution is -2.34. The van der Waals surface area contributed by atoms with Crippen LogP contribution in [0.1, 0.15) is 6.92 Å². The van der Waals surface area contributed by atoms with Crippen LogP contribution in [0.15, 0.2) is 22.7 Å². The number of hydrogen-bond donors (Lipinski definition) is 1. The fourth-order valence-electron chi connectivity index (χ4n) is 1.58. The number of alkyl halides is 3. The number of nitrogens with one attached hydrogen (secondary N) is 1. The van der Waals surface area contributed by atoms with Gasteiger partial charge in [0.15, 0.2) is 0 Å². The van der Waals surface area contributed by atoms with Crippen molar-refractivity contribution in [2.24, 2.45) is 0 Å². The molecule has 0 aliphatic rings. The number of methoxy groups -OCH3 is 1. The Labute approximate surface area is 129 Å². The Morgan fingerprint density at radius 3 is 2.57 bits per heavy atom. The second kappa shape index (κ2) is 8.45. The summed E-state index contributed by atoms with van der Waals surface area (Å²) >= 11 is 3.03. The smallest absolute Gasteiger partial charge is 0.487 e. The van der Waals surface area contributed by atoms with Gasteiger partial charge in [-0.25, -0.2) is 0 Å². The molecule has 1 aromatic carbocycles. The first-order valence-electron chi connectivity index (χ1n) is 6.27. The number of ether oxygens (including phenoxy) is 3. The summed E-state index contributed by atoms with van der Waals surface area (Å²) in [5, 5.41) is 3.12. The molecular formula is C13H17BrF3NO3. The van der Waals surface area contributed by atoms with Gasteiger partial charge in [-0.2, -0.15) is 0 Å². The lowest BCUT2D eigenvalue weighted by Gasteiger charge is -2.19. The van der Waals surface area contributed by atoms with Gasteiger partial charge < -0.3 is 19.5 Å². The summed E-state index contributed by atoms with van der Waals surface area (Å²) < 4.78 is 51.3. The summed E-state index contributed by atoms with van der Waals surface area (Å²) in [7, 11) is 1.55. The van der Waals surface area contributed by atoms with E-state index in [1.807, 2.05) is 6.92 Å². The molecule has 0 spiro atoms. The topological polar surface area (TPSA) is 39.7 Å². The number of hydrogen-bond acceptors (Lipinski definition) is 4. The molecule has 0 bridgehead atoms. The van der Waals surface area contributed by atoms with Gasteiger partial charge in [0.1, 0.15) is 17.6 Å². The Kier molecular flexibility index (Phi) is 7.27. The SMILES string of the molecule is CCNCC(COC)Oc1ccc(OC(F)(F)F)c(Br)c1. The van der Waals surface area contributed by atoms with Gasteiger partial charge in [0, 0.05) is 13.7 Å². The van der Waals surface area contributed by atoms with Gasteiger partial charge in [-0.1, -0.05) is 6.92 Å². The van der Waals surface area contributed by atoms with Gasteiger partial charge in [-0.05, 0) is 40.7 Å². The van der Waals surface area contributed by atoms with Crippen LogP contribution >= 0.6 is 15.9 Å². The zero-order valence-corrected chi connectivity index (χ0v) is 13.3. The van der Waals surface area contributed by atoms with Gasteiger partial charge in [-0.15, -0.1) is 13.2 Å². The molecule has 21 heavy (non-hydrogen) atoms. The maximum Gasteiger partial charge on any atom is 0.573 e. The van der Waals surface area contributed by atoms with Crippen molar-refractivity contribution in [1.29, 1.82) is 0 Å². The summed E-state index contributed by atoms with van der Waals surface area (Å²) in [5.74, 6) is 0.112. The minimum Gasteiger partial charge on any atom is -0.487 e. The van der Waals surface area contributed by atoms with Crippen LogP contribution in [-0.4, -0.2) is 39.3 Å². The van der Waals surface area contributed by atoms with Crippen LogP contribution in [0.25, 0.3) is 0 Å². The summed E-state index contributed by atoms with van der Waals surface area (Å²) in [4.78, 5) is 0. The van der Waals surface area contributed by atoms with Crippen LogP contribution in [0.5, 0.6) is 11.5 Å². The number of benzene rings is 1. The van der Waals surface area contributed by atoms with E-state index in [4.69, 9.17) is 9.47 Å². The Morgan fingerprint density at radius 1 is 1.33 bits per heavy atom. The van der Waals surface area contributed by atoms with E-state index >= 15 is 0 Å². The predicted octanol–water partition coefficient (Wildman–Crippen LogP) is 3.35. The minimum atomic E-state index is -4.73. The molecule has 0 aliphatic heterocycles. The van der Waals surface area contributed by atoms with Gasteiger partial charge in [-0.3, -0.25) is 0 Å². The first-order chi connectivity index (χ1) is 9.85. The summed E-state index contributed by atoms with van der Waals surface area (Å²) in [6.07, 6.45) is -4.97. The summed E-state index contributed by atoms with van der Waals surface area (Å²) in [6, 6.07) is 4.04. The van der Waals surface area contributed by atoms with E-state index in [0.717, 1.165) is 6.54 Å². The average molecular weight is 372 g/mol. The largest absolute Gasteiger partial charge is 0.573 e. The molecule has 4 nitrogen and oxygen atoms in total. The third-order valence-electron chi connectivity index (χ3n) is 2.41. The van der Waals surface area contributed by atoms with Crippen molar-refractivity contribution in [3.8, 4) is 11.5 Å². The predicted molar refractivity (Wildman–Crippen MR) is 75.7 cm³/mol. The van der Waals surface area contributed by atoms with Gasteiger partial charge in [0.25, 0.3) is 0 Å². The Balaban J connectivity index is 2.72. The van der Waals surface area contributed by atoms with E-state index < -0.39 is 6.36 Å². The fourth-order valence-corrected chi connectivity index (χ4v) is 2.02. The highest BCUT2D eigenvalue weighted by Crippen LogP contribution is 2.33. The second-order valence-electron chi connectivity index (χ2n) is 4.14. The first kappa shape index (κ1) is 18.1. The number of rotatable bonds is 8. The van der Waals surface area contributed by atoms with Crippen molar-refractivity contribution in [1.82, 2.24) is 5.32 Å². The molecule has 1 atom stereocenters. The Hall–Kier alpha value is -0.990. The fraction of sp³-hybridized carbons (Fsp3) is 0.538. The van der Waals surface area contributed by atoms with E-state index in [0.29, 0.717) is 18.9 Å². The second-order valence-corrected chi connectivity index (χ2v) is 5.00. The van der Waals surface area contributed by atoms with Gasteiger partial charge >= 0.3 is 6.36 Å². The molecule has 120 valence electrons. The lowest BCUT2D eigenvalue weighted by molar-refractivity contribution is -0.274. The average Bonchev–Trinajstić information content (AvgIpc) is 2.38. The van der Waals surface area contributed by atoms with Crippen molar-refractivity contribution in [3.05, 3.63) is 22.7 Å². The molecule has 0 aliphatic carbocycles. The highest BCUT2D eigenvalue weighted by molar-refractivity contribution is 9.10. The number of likely N-dealkylation sites (N-methyl/N-ethyl adjacent to an activating group) is 1. The zero-order chi connectivity index (χ0) is 15.9. The van der Waals surface area contributed by atoms with Crippen LogP contribution in [0, 0.1) is 0 Å². The molecule has 1 aromatic rings. The molecule has 0 amide bonds. The minimum absolute atomic E-state index is 0.164. The highest BCUT2D eigenvalue weighted by atomic mass is 79.9. The molecule has 8 heteroatoms. The maximum absolute atomic E-state index is 12.2. The molecule has 1 rings (SSSR count). The van der Waals surface area contributed by atoms with E-state index in [-0.39, 0.29) is 16.3 Å². The molecule has 0 saturated heterocycles. The molecule has 0 aromatic heterocycles. The Morgan fingerprint density at radius 2 is 2.05 bits per heavy atom. The lowest BCUT2D eigenvalue weighted by atomic mass is 10.3.